The van der Waals surface area contributed by atoms with Gasteiger partial charge < -0.3 is 14.9 Å². The van der Waals surface area contributed by atoms with E-state index < -0.39 is 24.0 Å². The van der Waals surface area contributed by atoms with Crippen molar-refractivity contribution in [2.75, 3.05) is 6.61 Å². The summed E-state index contributed by atoms with van der Waals surface area (Å²) in [6.45, 7) is 3.38. The summed E-state index contributed by atoms with van der Waals surface area (Å²) in [6, 6.07) is 0. The molecular formula is C9H16O5. The molecule has 2 N–H and O–H groups in total. The Kier molecular flexibility index (Phi) is 5.87. The van der Waals surface area contributed by atoms with E-state index in [1.165, 1.54) is 6.92 Å². The highest BCUT2D eigenvalue weighted by atomic mass is 16.5. The molecule has 0 heterocycles. The van der Waals surface area contributed by atoms with E-state index in [4.69, 9.17) is 14.9 Å². The third-order valence-electron chi connectivity index (χ3n) is 1.67. The monoisotopic (exact) mass is 204 g/mol. The van der Waals surface area contributed by atoms with Gasteiger partial charge in [0, 0.05) is 0 Å². The van der Waals surface area contributed by atoms with Crippen molar-refractivity contribution in [2.24, 2.45) is 5.92 Å². The van der Waals surface area contributed by atoms with E-state index in [1.807, 2.05) is 0 Å². The Bertz CT molecular complexity index is 199. The van der Waals surface area contributed by atoms with Gasteiger partial charge >= 0.3 is 11.9 Å². The standard InChI is InChI=1S/C9H16O5/c1-3-14-9(13)7(4-6(2)10)5-8(11)12/h6-7,10H,3-5H2,1-2H3,(H,11,12). The Labute approximate surface area is 82.7 Å². The van der Waals surface area contributed by atoms with Gasteiger partial charge in [0.15, 0.2) is 0 Å². The molecule has 0 aliphatic carbocycles. The zero-order valence-electron chi connectivity index (χ0n) is 8.40. The van der Waals surface area contributed by atoms with Crippen LogP contribution < -0.4 is 0 Å². The molecule has 0 amide bonds. The molecule has 0 saturated carbocycles. The molecule has 0 fully saturated rings. The Morgan fingerprint density at radius 3 is 2.36 bits per heavy atom. The lowest BCUT2D eigenvalue weighted by Gasteiger charge is -2.14. The predicted octanol–water partition coefficient (Wildman–Crippen LogP) is 0.411. The van der Waals surface area contributed by atoms with E-state index in [-0.39, 0.29) is 19.4 Å². The minimum Gasteiger partial charge on any atom is -0.481 e. The van der Waals surface area contributed by atoms with E-state index in [2.05, 4.69) is 0 Å². The number of esters is 1. The van der Waals surface area contributed by atoms with Crippen LogP contribution in [-0.4, -0.2) is 34.9 Å². The van der Waals surface area contributed by atoms with Crippen molar-refractivity contribution in [3.63, 3.8) is 0 Å². The van der Waals surface area contributed by atoms with Crippen LogP contribution in [-0.2, 0) is 14.3 Å². The van der Waals surface area contributed by atoms with Gasteiger partial charge in [0.1, 0.15) is 0 Å². The lowest BCUT2D eigenvalue weighted by Crippen LogP contribution is -2.24. The third-order valence-corrected chi connectivity index (χ3v) is 1.67. The Morgan fingerprint density at radius 2 is 2.00 bits per heavy atom. The summed E-state index contributed by atoms with van der Waals surface area (Å²) < 4.78 is 4.69. The molecule has 82 valence electrons. The van der Waals surface area contributed by atoms with Crippen molar-refractivity contribution >= 4 is 11.9 Å². The van der Waals surface area contributed by atoms with Crippen LogP contribution >= 0.6 is 0 Å². The fourth-order valence-electron chi connectivity index (χ4n) is 1.15. The molecule has 0 aromatic heterocycles. The number of carbonyl (C=O) groups is 2. The van der Waals surface area contributed by atoms with E-state index in [0.717, 1.165) is 0 Å². The predicted molar refractivity (Wildman–Crippen MR) is 48.7 cm³/mol. The van der Waals surface area contributed by atoms with Crippen LogP contribution in [0.4, 0.5) is 0 Å². The minimum atomic E-state index is -1.07. The highest BCUT2D eigenvalue weighted by molar-refractivity contribution is 5.79. The molecular weight excluding hydrogens is 188 g/mol. The van der Waals surface area contributed by atoms with Gasteiger partial charge in [0.25, 0.3) is 0 Å². The molecule has 0 rings (SSSR count). The van der Waals surface area contributed by atoms with E-state index in [0.29, 0.717) is 0 Å². The summed E-state index contributed by atoms with van der Waals surface area (Å²) in [5.41, 5.74) is 0. The second kappa shape index (κ2) is 6.37. The number of aliphatic hydroxyl groups is 1. The topological polar surface area (TPSA) is 83.8 Å². The van der Waals surface area contributed by atoms with Crippen LogP contribution in [0.15, 0.2) is 0 Å². The SMILES string of the molecule is CCOC(=O)C(CC(=O)O)CC(C)O. The maximum absolute atomic E-state index is 11.2. The minimum absolute atomic E-state index is 0.116. The van der Waals surface area contributed by atoms with Crippen LogP contribution in [0.5, 0.6) is 0 Å². The summed E-state index contributed by atoms with van der Waals surface area (Å²) in [5, 5.41) is 17.6. The molecule has 5 nitrogen and oxygen atoms in total. The number of carboxylic acid groups (broad SMARTS) is 1. The summed E-state index contributed by atoms with van der Waals surface area (Å²) in [6.07, 6.45) is -0.891. The zero-order chi connectivity index (χ0) is 11.1. The Morgan fingerprint density at radius 1 is 1.43 bits per heavy atom. The molecule has 2 atom stereocenters. The second-order valence-corrected chi connectivity index (χ2v) is 3.13. The van der Waals surface area contributed by atoms with Gasteiger partial charge in [-0.1, -0.05) is 0 Å². The molecule has 0 aliphatic heterocycles. The molecule has 14 heavy (non-hydrogen) atoms. The molecule has 0 radical (unpaired) electrons. The van der Waals surface area contributed by atoms with Gasteiger partial charge in [-0.05, 0) is 20.3 Å². The van der Waals surface area contributed by atoms with Gasteiger partial charge in [-0.3, -0.25) is 9.59 Å². The summed E-state index contributed by atoms with van der Waals surface area (Å²) in [4.78, 5) is 21.6. The van der Waals surface area contributed by atoms with Crippen molar-refractivity contribution < 1.29 is 24.5 Å². The molecule has 2 unspecified atom stereocenters. The number of hydrogen-bond donors (Lipinski definition) is 2. The average molecular weight is 204 g/mol. The molecule has 0 spiro atoms. The van der Waals surface area contributed by atoms with Crippen LogP contribution in [0.25, 0.3) is 0 Å². The number of aliphatic hydroxyl groups excluding tert-OH is 1. The van der Waals surface area contributed by atoms with Crippen molar-refractivity contribution in [1.29, 1.82) is 0 Å². The highest BCUT2D eigenvalue weighted by Crippen LogP contribution is 2.13. The van der Waals surface area contributed by atoms with Gasteiger partial charge in [-0.15, -0.1) is 0 Å². The molecule has 5 heteroatoms. The van der Waals surface area contributed by atoms with E-state index >= 15 is 0 Å². The molecule has 0 bridgehead atoms. The smallest absolute Gasteiger partial charge is 0.309 e. The number of ether oxygens (including phenoxy) is 1. The van der Waals surface area contributed by atoms with Gasteiger partial charge in [-0.25, -0.2) is 0 Å². The molecule has 0 aromatic carbocycles. The first-order valence-corrected chi connectivity index (χ1v) is 4.53. The van der Waals surface area contributed by atoms with Crippen molar-refractivity contribution in [3.05, 3.63) is 0 Å². The maximum atomic E-state index is 11.2. The summed E-state index contributed by atoms with van der Waals surface area (Å²) >= 11 is 0. The van der Waals surface area contributed by atoms with Crippen LogP contribution in [0.1, 0.15) is 26.7 Å². The molecule has 0 aliphatic rings. The van der Waals surface area contributed by atoms with Crippen LogP contribution in [0.2, 0.25) is 0 Å². The van der Waals surface area contributed by atoms with E-state index in [1.54, 1.807) is 6.92 Å². The largest absolute Gasteiger partial charge is 0.481 e. The number of hydrogen-bond acceptors (Lipinski definition) is 4. The number of rotatable bonds is 6. The fourth-order valence-corrected chi connectivity index (χ4v) is 1.15. The summed E-state index contributed by atoms with van der Waals surface area (Å²) in [5.74, 6) is -2.38. The third kappa shape index (κ3) is 5.53. The lowest BCUT2D eigenvalue weighted by molar-refractivity contribution is -0.153. The number of aliphatic carboxylic acids is 1. The maximum Gasteiger partial charge on any atom is 0.309 e. The molecule has 0 saturated heterocycles. The van der Waals surface area contributed by atoms with Crippen molar-refractivity contribution in [1.82, 2.24) is 0 Å². The Balaban J connectivity index is 4.22. The van der Waals surface area contributed by atoms with E-state index in [9.17, 15) is 9.59 Å². The summed E-state index contributed by atoms with van der Waals surface area (Å²) in [7, 11) is 0. The number of carboxylic acids is 1. The highest BCUT2D eigenvalue weighted by Gasteiger charge is 2.24. The van der Waals surface area contributed by atoms with Crippen molar-refractivity contribution in [2.45, 2.75) is 32.8 Å². The quantitative estimate of drug-likeness (QED) is 0.612. The second-order valence-electron chi connectivity index (χ2n) is 3.13. The molecule has 0 aromatic rings. The normalized spacial score (nSPS) is 14.5. The first-order chi connectivity index (χ1) is 6.47. The van der Waals surface area contributed by atoms with Crippen LogP contribution in [0, 0.1) is 5.92 Å². The number of carbonyl (C=O) groups excluding carboxylic acids is 1. The lowest BCUT2D eigenvalue weighted by atomic mass is 9.99. The first kappa shape index (κ1) is 12.9. The zero-order valence-corrected chi connectivity index (χ0v) is 8.40. The van der Waals surface area contributed by atoms with Gasteiger partial charge in [-0.2, -0.15) is 0 Å². The van der Waals surface area contributed by atoms with Crippen molar-refractivity contribution in [3.8, 4) is 0 Å². The van der Waals surface area contributed by atoms with Gasteiger partial charge in [0.2, 0.25) is 0 Å². The fraction of sp³-hybridized carbons (Fsp3) is 0.778. The Hall–Kier alpha value is -1.10. The van der Waals surface area contributed by atoms with Crippen LogP contribution in [0.3, 0.4) is 0 Å². The average Bonchev–Trinajstić information content (AvgIpc) is 2.01. The van der Waals surface area contributed by atoms with Gasteiger partial charge in [0.05, 0.1) is 25.0 Å². The first-order valence-electron chi connectivity index (χ1n) is 4.53.